The number of Topliss-reactive ketones (excluding diaryl/α,β-unsaturated/α-hetero) is 1. The Morgan fingerprint density at radius 3 is 2.62 bits per heavy atom. The van der Waals surface area contributed by atoms with Crippen LogP contribution in [0.3, 0.4) is 0 Å². The Labute approximate surface area is 196 Å². The maximum Gasteiger partial charge on any atom is 0.133 e. The van der Waals surface area contributed by atoms with Gasteiger partial charge >= 0.3 is 0 Å². The number of nitriles is 1. The molecule has 0 spiro atoms. The molecule has 0 N–H and O–H groups in total. The van der Waals surface area contributed by atoms with Crippen molar-refractivity contribution in [1.29, 1.82) is 5.26 Å². The van der Waals surface area contributed by atoms with Gasteiger partial charge in [-0.25, -0.2) is 0 Å². The summed E-state index contributed by atoms with van der Waals surface area (Å²) in [7, 11) is 0. The molecule has 0 radical (unpaired) electrons. The molecule has 0 fully saturated rings. The van der Waals surface area contributed by atoms with Crippen LogP contribution in [0.4, 0.5) is 0 Å². The zero-order chi connectivity index (χ0) is 24.0. The zero-order valence-electron chi connectivity index (χ0n) is 21.0. The second-order valence-electron chi connectivity index (χ2n) is 9.84. The van der Waals surface area contributed by atoms with Crippen molar-refractivity contribution in [2.24, 2.45) is 17.3 Å². The Hall–Kier alpha value is -2.34. The molecule has 0 aliphatic heterocycles. The minimum atomic E-state index is -0.0883. The highest BCUT2D eigenvalue weighted by Gasteiger charge is 2.20. The Balaban J connectivity index is 2.64. The van der Waals surface area contributed by atoms with Crippen LogP contribution in [0.25, 0.3) is 0 Å². The van der Waals surface area contributed by atoms with Crippen LogP contribution >= 0.6 is 0 Å². The van der Waals surface area contributed by atoms with Crippen molar-refractivity contribution in [2.75, 3.05) is 0 Å². The largest absolute Gasteiger partial charge is 0.467 e. The van der Waals surface area contributed by atoms with Gasteiger partial charge in [-0.2, -0.15) is 5.26 Å². The highest BCUT2D eigenvalue weighted by atomic mass is 16.5. The van der Waals surface area contributed by atoms with Crippen LogP contribution in [0.5, 0.6) is 0 Å². The maximum absolute atomic E-state index is 12.0. The van der Waals surface area contributed by atoms with Gasteiger partial charge in [-0.3, -0.25) is 4.79 Å². The quantitative estimate of drug-likeness (QED) is 0.147. The number of unbranched alkanes of at least 4 members (excludes halogenated alkanes) is 2. The number of hydrogen-bond donors (Lipinski definition) is 0. The Morgan fingerprint density at radius 1 is 1.28 bits per heavy atom. The standard InChI is InChI=1S/C29H43NO2/c1-23(2)21-28(18-12-13-19-29(5,6)27-16-10-7-11-17-27)32-24(3)22-26(25(4)31)15-9-8-14-20-30/h10,12-13,16-17,21,23,26H,3,7-9,11,14-15,18-19,22H2,1-2,4-6H3/b13-12-,28-21+. The van der Waals surface area contributed by atoms with Gasteiger partial charge in [-0.15, -0.1) is 0 Å². The third-order valence-corrected chi connectivity index (χ3v) is 5.83. The first-order valence-electron chi connectivity index (χ1n) is 12.1. The van der Waals surface area contributed by atoms with E-state index in [9.17, 15) is 4.79 Å². The van der Waals surface area contributed by atoms with Crippen molar-refractivity contribution >= 4 is 5.78 Å². The van der Waals surface area contributed by atoms with E-state index >= 15 is 0 Å². The van der Waals surface area contributed by atoms with Crippen molar-refractivity contribution in [3.05, 3.63) is 60.1 Å². The molecule has 0 amide bonds. The Bertz CT molecular complexity index is 771. The van der Waals surface area contributed by atoms with E-state index in [1.54, 1.807) is 6.92 Å². The zero-order valence-corrected chi connectivity index (χ0v) is 21.0. The summed E-state index contributed by atoms with van der Waals surface area (Å²) < 4.78 is 6.11. The molecule has 0 aromatic rings. The summed E-state index contributed by atoms with van der Waals surface area (Å²) in [5.41, 5.74) is 1.54. The number of allylic oxidation sites excluding steroid dienone is 8. The summed E-state index contributed by atoms with van der Waals surface area (Å²) in [4.78, 5) is 12.0. The SMILES string of the molecule is C=C(CC(CCCCC#N)C(C)=O)O/C(=C/C(C)C)C/C=C\CC(C)(C)C1=CCCC=C1. The van der Waals surface area contributed by atoms with Crippen molar-refractivity contribution in [3.63, 3.8) is 0 Å². The molecule has 0 bridgehead atoms. The molecule has 1 aliphatic carbocycles. The van der Waals surface area contributed by atoms with Crippen LogP contribution in [0.15, 0.2) is 60.1 Å². The fraction of sp³-hybridized carbons (Fsp3) is 0.586. The van der Waals surface area contributed by atoms with Crippen molar-refractivity contribution in [1.82, 2.24) is 0 Å². The summed E-state index contributed by atoms with van der Waals surface area (Å²) in [6, 6.07) is 2.16. The van der Waals surface area contributed by atoms with Crippen LogP contribution in [0.2, 0.25) is 0 Å². The van der Waals surface area contributed by atoms with Gasteiger partial charge in [-0.1, -0.05) is 71.1 Å². The van der Waals surface area contributed by atoms with Gasteiger partial charge < -0.3 is 4.74 Å². The normalized spacial score (nSPS) is 15.5. The van der Waals surface area contributed by atoms with Crippen LogP contribution in [-0.2, 0) is 9.53 Å². The molecule has 1 unspecified atom stereocenters. The van der Waals surface area contributed by atoms with Gasteiger partial charge in [0.05, 0.1) is 11.8 Å². The number of carbonyl (C=O) groups is 1. The molecule has 1 rings (SSSR count). The third-order valence-electron chi connectivity index (χ3n) is 5.83. The monoisotopic (exact) mass is 437 g/mol. The predicted molar refractivity (Wildman–Crippen MR) is 135 cm³/mol. The molecular formula is C29H43NO2. The van der Waals surface area contributed by atoms with Gasteiger partial charge in [-0.05, 0) is 62.0 Å². The number of rotatable bonds is 15. The second-order valence-corrected chi connectivity index (χ2v) is 9.84. The lowest BCUT2D eigenvalue weighted by Crippen LogP contribution is -2.13. The van der Waals surface area contributed by atoms with Crippen LogP contribution < -0.4 is 0 Å². The van der Waals surface area contributed by atoms with Crippen LogP contribution in [-0.4, -0.2) is 5.78 Å². The average Bonchev–Trinajstić information content (AvgIpc) is 2.73. The fourth-order valence-electron chi connectivity index (χ4n) is 3.87. The third kappa shape index (κ3) is 11.3. The Kier molecular flexibility index (Phi) is 12.7. The first-order valence-corrected chi connectivity index (χ1v) is 12.1. The predicted octanol–water partition coefficient (Wildman–Crippen LogP) is 8.37. The molecule has 0 aromatic heterocycles. The maximum atomic E-state index is 12.0. The summed E-state index contributed by atoms with van der Waals surface area (Å²) in [5, 5.41) is 8.69. The summed E-state index contributed by atoms with van der Waals surface area (Å²) in [5.74, 6) is 1.98. The smallest absolute Gasteiger partial charge is 0.133 e. The lowest BCUT2D eigenvalue weighted by Gasteiger charge is -2.26. The van der Waals surface area contributed by atoms with E-state index < -0.39 is 0 Å². The van der Waals surface area contributed by atoms with E-state index in [1.165, 1.54) is 5.57 Å². The van der Waals surface area contributed by atoms with Gasteiger partial charge in [0.1, 0.15) is 11.5 Å². The van der Waals surface area contributed by atoms with Gasteiger partial charge in [0, 0.05) is 25.2 Å². The van der Waals surface area contributed by atoms with E-state index in [4.69, 9.17) is 10.00 Å². The highest BCUT2D eigenvalue weighted by molar-refractivity contribution is 5.78. The first kappa shape index (κ1) is 27.7. The van der Waals surface area contributed by atoms with E-state index in [0.29, 0.717) is 24.5 Å². The molecule has 176 valence electrons. The minimum absolute atomic E-state index is 0.0883. The number of nitrogens with zero attached hydrogens (tertiary/aromatic N) is 1. The molecule has 0 saturated carbocycles. The number of hydrogen-bond acceptors (Lipinski definition) is 3. The van der Waals surface area contributed by atoms with Crippen molar-refractivity contribution in [3.8, 4) is 6.07 Å². The van der Waals surface area contributed by atoms with Gasteiger partial charge in [0.15, 0.2) is 0 Å². The summed E-state index contributed by atoms with van der Waals surface area (Å²) in [6.45, 7) is 14.6. The number of carbonyl (C=O) groups excluding carboxylic acids is 1. The number of ketones is 1. The lowest BCUT2D eigenvalue weighted by molar-refractivity contribution is -0.121. The first-order chi connectivity index (χ1) is 15.2. The molecule has 0 aromatic carbocycles. The molecule has 0 saturated heterocycles. The van der Waals surface area contributed by atoms with Crippen molar-refractivity contribution in [2.45, 2.75) is 92.4 Å². The minimum Gasteiger partial charge on any atom is -0.467 e. The fourth-order valence-corrected chi connectivity index (χ4v) is 3.87. The molecule has 0 heterocycles. The molecular weight excluding hydrogens is 394 g/mol. The van der Waals surface area contributed by atoms with Gasteiger partial charge in [0.2, 0.25) is 0 Å². The second kappa shape index (κ2) is 14.7. The molecule has 1 atom stereocenters. The van der Waals surface area contributed by atoms with E-state index in [2.05, 4.69) is 76.8 Å². The molecule has 3 nitrogen and oxygen atoms in total. The number of ether oxygens (including phenoxy) is 1. The summed E-state index contributed by atoms with van der Waals surface area (Å²) in [6.07, 6.45) is 21.0. The Morgan fingerprint density at radius 2 is 2.03 bits per heavy atom. The topological polar surface area (TPSA) is 50.1 Å². The molecule has 3 heteroatoms. The van der Waals surface area contributed by atoms with Gasteiger partial charge in [0.25, 0.3) is 0 Å². The van der Waals surface area contributed by atoms with E-state index in [0.717, 1.165) is 50.7 Å². The highest BCUT2D eigenvalue weighted by Crippen LogP contribution is 2.34. The lowest BCUT2D eigenvalue weighted by atomic mass is 9.79. The van der Waals surface area contributed by atoms with E-state index in [-0.39, 0.29) is 17.1 Å². The van der Waals surface area contributed by atoms with E-state index in [1.807, 2.05) is 0 Å². The van der Waals surface area contributed by atoms with Crippen LogP contribution in [0.1, 0.15) is 92.4 Å². The van der Waals surface area contributed by atoms with Crippen molar-refractivity contribution < 1.29 is 9.53 Å². The summed E-state index contributed by atoms with van der Waals surface area (Å²) >= 11 is 0. The average molecular weight is 438 g/mol. The molecule has 32 heavy (non-hydrogen) atoms. The molecule has 1 aliphatic rings. The van der Waals surface area contributed by atoms with Crippen LogP contribution in [0, 0.1) is 28.6 Å².